The molecule has 0 aromatic heterocycles. The highest BCUT2D eigenvalue weighted by Gasteiger charge is 2.24. The molecule has 1 amide bonds. The third kappa shape index (κ3) is 5.77. The Kier molecular flexibility index (Phi) is 7.94. The summed E-state index contributed by atoms with van der Waals surface area (Å²) in [4.78, 5) is 12.8. The summed E-state index contributed by atoms with van der Waals surface area (Å²) in [5.74, 6) is 0.275. The highest BCUT2D eigenvalue weighted by Crippen LogP contribution is 2.28. The van der Waals surface area contributed by atoms with Crippen molar-refractivity contribution >= 4 is 27.5 Å². The molecule has 31 heavy (non-hydrogen) atoms. The number of hydrogen-bond acceptors (Lipinski definition) is 5. The van der Waals surface area contributed by atoms with Crippen molar-refractivity contribution in [1.82, 2.24) is 10.0 Å². The predicted molar refractivity (Wildman–Crippen MR) is 119 cm³/mol. The number of carbonyl (C=O) groups excluding carboxylic acids is 1. The molecule has 2 aromatic rings. The van der Waals surface area contributed by atoms with E-state index in [9.17, 15) is 13.2 Å². The van der Waals surface area contributed by atoms with Gasteiger partial charge in [0.25, 0.3) is 5.91 Å². The number of nitrogens with one attached hydrogen (secondary N) is 2. The van der Waals surface area contributed by atoms with E-state index in [1.807, 2.05) is 31.2 Å². The van der Waals surface area contributed by atoms with Crippen molar-refractivity contribution in [3.8, 4) is 5.75 Å². The number of rotatable bonds is 9. The molecule has 1 heterocycles. The Morgan fingerprint density at radius 2 is 2.06 bits per heavy atom. The van der Waals surface area contributed by atoms with Crippen LogP contribution < -0.4 is 14.8 Å². The van der Waals surface area contributed by atoms with Gasteiger partial charge in [-0.25, -0.2) is 13.1 Å². The van der Waals surface area contributed by atoms with Crippen molar-refractivity contribution in [1.29, 1.82) is 0 Å². The van der Waals surface area contributed by atoms with Gasteiger partial charge in [-0.15, -0.1) is 0 Å². The van der Waals surface area contributed by atoms with Gasteiger partial charge in [-0.2, -0.15) is 0 Å². The third-order valence-corrected chi connectivity index (χ3v) is 7.14. The number of amides is 1. The average molecular weight is 467 g/mol. The number of para-hydroxylation sites is 1. The highest BCUT2D eigenvalue weighted by molar-refractivity contribution is 7.89. The number of hydrogen-bond donors (Lipinski definition) is 2. The molecule has 7 nitrogen and oxygen atoms in total. The van der Waals surface area contributed by atoms with E-state index in [2.05, 4.69) is 10.0 Å². The predicted octanol–water partition coefficient (Wildman–Crippen LogP) is 3.69. The smallest absolute Gasteiger partial charge is 0.251 e. The van der Waals surface area contributed by atoms with E-state index in [1.165, 1.54) is 18.2 Å². The molecule has 2 unspecified atom stereocenters. The van der Waals surface area contributed by atoms with Crippen molar-refractivity contribution < 1.29 is 22.7 Å². The van der Waals surface area contributed by atoms with Crippen LogP contribution in [0.2, 0.25) is 5.02 Å². The van der Waals surface area contributed by atoms with E-state index in [0.717, 1.165) is 18.4 Å². The number of carbonyl (C=O) groups is 1. The summed E-state index contributed by atoms with van der Waals surface area (Å²) >= 11 is 6.15. The number of methoxy groups -OCH3 is 1. The van der Waals surface area contributed by atoms with Crippen LogP contribution in [-0.4, -0.2) is 40.7 Å². The van der Waals surface area contributed by atoms with Crippen molar-refractivity contribution in [2.45, 2.75) is 43.2 Å². The first-order valence-corrected chi connectivity index (χ1v) is 12.1. The monoisotopic (exact) mass is 466 g/mol. The summed E-state index contributed by atoms with van der Waals surface area (Å²) in [7, 11) is -2.32. The summed E-state index contributed by atoms with van der Waals surface area (Å²) in [6.07, 6.45) is 2.20. The van der Waals surface area contributed by atoms with Crippen molar-refractivity contribution in [3.63, 3.8) is 0 Å². The van der Waals surface area contributed by atoms with Crippen LogP contribution in [0.5, 0.6) is 5.75 Å². The quantitative estimate of drug-likeness (QED) is 0.587. The zero-order valence-corrected chi connectivity index (χ0v) is 19.1. The standard InChI is InChI=1S/C22H27ClN2O5S/c1-3-19(17-8-4-5-9-20(17)29-2)25-22(26)15-10-11-18(23)21(13-15)31(27,28)24-14-16-7-6-12-30-16/h4-5,8-11,13,16,19,24H,3,6-7,12,14H2,1-2H3,(H,25,26). The summed E-state index contributed by atoms with van der Waals surface area (Å²) in [6.45, 7) is 2.75. The van der Waals surface area contributed by atoms with Gasteiger partial charge in [0.1, 0.15) is 10.6 Å². The first kappa shape index (κ1) is 23.5. The molecule has 0 spiro atoms. The molecule has 0 aliphatic carbocycles. The van der Waals surface area contributed by atoms with Crippen LogP contribution in [-0.2, 0) is 14.8 Å². The second-order valence-electron chi connectivity index (χ2n) is 7.31. The second kappa shape index (κ2) is 10.5. The molecule has 1 saturated heterocycles. The maximum Gasteiger partial charge on any atom is 0.251 e. The van der Waals surface area contributed by atoms with E-state index in [0.29, 0.717) is 18.8 Å². The van der Waals surface area contributed by atoms with E-state index < -0.39 is 15.9 Å². The summed E-state index contributed by atoms with van der Waals surface area (Å²) in [5, 5.41) is 3.00. The maximum absolute atomic E-state index is 12.9. The number of benzene rings is 2. The van der Waals surface area contributed by atoms with Gasteiger partial charge in [-0.05, 0) is 43.5 Å². The number of sulfonamides is 1. The fourth-order valence-electron chi connectivity index (χ4n) is 3.53. The van der Waals surface area contributed by atoms with E-state index >= 15 is 0 Å². The molecule has 2 N–H and O–H groups in total. The average Bonchev–Trinajstić information content (AvgIpc) is 3.30. The van der Waals surface area contributed by atoms with E-state index in [-0.39, 0.29) is 34.2 Å². The minimum Gasteiger partial charge on any atom is -0.496 e. The fourth-order valence-corrected chi connectivity index (χ4v) is 5.12. The van der Waals surface area contributed by atoms with Crippen LogP contribution in [0.1, 0.15) is 48.1 Å². The minimum atomic E-state index is -3.89. The SMILES string of the molecule is CCC(NC(=O)c1ccc(Cl)c(S(=O)(=O)NCC2CCCO2)c1)c1ccccc1OC. The largest absolute Gasteiger partial charge is 0.496 e. The molecule has 2 aromatic carbocycles. The molecular weight excluding hydrogens is 440 g/mol. The Bertz CT molecular complexity index is 1020. The van der Waals surface area contributed by atoms with E-state index in [1.54, 1.807) is 7.11 Å². The van der Waals surface area contributed by atoms with Crippen molar-refractivity contribution in [2.24, 2.45) is 0 Å². The zero-order valence-electron chi connectivity index (χ0n) is 17.6. The lowest BCUT2D eigenvalue weighted by Gasteiger charge is -2.20. The molecule has 0 bridgehead atoms. The van der Waals surface area contributed by atoms with Crippen LogP contribution in [0.4, 0.5) is 0 Å². The molecule has 1 aliphatic heterocycles. The molecule has 1 aliphatic rings. The topological polar surface area (TPSA) is 93.7 Å². The van der Waals surface area contributed by atoms with Crippen LogP contribution >= 0.6 is 11.6 Å². The van der Waals surface area contributed by atoms with Gasteiger partial charge in [-0.1, -0.05) is 36.7 Å². The van der Waals surface area contributed by atoms with Crippen molar-refractivity contribution in [2.75, 3.05) is 20.3 Å². The summed E-state index contributed by atoms with van der Waals surface area (Å²) in [5.41, 5.74) is 1.05. The Balaban J connectivity index is 1.78. The molecule has 1 fully saturated rings. The Morgan fingerprint density at radius 3 is 2.74 bits per heavy atom. The Hall–Kier alpha value is -2.13. The van der Waals surface area contributed by atoms with Crippen LogP contribution in [0.25, 0.3) is 0 Å². The number of halogens is 1. The normalized spacial score (nSPS) is 17.3. The zero-order chi connectivity index (χ0) is 22.4. The van der Waals surface area contributed by atoms with Gasteiger partial charge in [0.2, 0.25) is 10.0 Å². The van der Waals surface area contributed by atoms with Gasteiger partial charge < -0.3 is 14.8 Å². The first-order valence-electron chi connectivity index (χ1n) is 10.2. The molecule has 168 valence electrons. The molecular formula is C22H27ClN2O5S. The molecule has 0 saturated carbocycles. The van der Waals surface area contributed by atoms with Gasteiger partial charge >= 0.3 is 0 Å². The summed E-state index contributed by atoms with van der Waals surface area (Å²) < 4.78 is 38.9. The minimum absolute atomic E-state index is 0.0492. The Morgan fingerprint density at radius 1 is 1.29 bits per heavy atom. The van der Waals surface area contributed by atoms with Crippen molar-refractivity contribution in [3.05, 3.63) is 58.6 Å². The number of ether oxygens (including phenoxy) is 2. The molecule has 3 rings (SSSR count). The molecule has 2 atom stereocenters. The van der Waals surface area contributed by atoms with Crippen LogP contribution in [0.15, 0.2) is 47.4 Å². The Labute approximate surface area is 188 Å². The molecule has 0 radical (unpaired) electrons. The fraction of sp³-hybridized carbons (Fsp3) is 0.409. The van der Waals surface area contributed by atoms with Gasteiger partial charge in [0, 0.05) is 24.3 Å². The second-order valence-corrected chi connectivity index (χ2v) is 9.45. The van der Waals surface area contributed by atoms with E-state index in [4.69, 9.17) is 21.1 Å². The lowest BCUT2D eigenvalue weighted by Crippen LogP contribution is -2.32. The van der Waals surface area contributed by atoms with Gasteiger partial charge in [0.05, 0.1) is 24.3 Å². The highest BCUT2D eigenvalue weighted by atomic mass is 35.5. The lowest BCUT2D eigenvalue weighted by molar-refractivity contribution is 0.0935. The van der Waals surface area contributed by atoms with Crippen LogP contribution in [0, 0.1) is 0 Å². The summed E-state index contributed by atoms with van der Waals surface area (Å²) in [6, 6.07) is 11.4. The first-order chi connectivity index (χ1) is 14.9. The lowest BCUT2D eigenvalue weighted by atomic mass is 10.0. The van der Waals surface area contributed by atoms with Crippen LogP contribution in [0.3, 0.4) is 0 Å². The maximum atomic E-state index is 12.9. The van der Waals surface area contributed by atoms with Gasteiger partial charge in [-0.3, -0.25) is 4.79 Å². The van der Waals surface area contributed by atoms with Gasteiger partial charge in [0.15, 0.2) is 0 Å². The molecule has 9 heteroatoms. The third-order valence-electron chi connectivity index (χ3n) is 5.24.